The third-order valence-electron chi connectivity index (χ3n) is 2.90. The van der Waals surface area contributed by atoms with Gasteiger partial charge in [0, 0.05) is 18.3 Å². The Morgan fingerprint density at radius 3 is 2.65 bits per heavy atom. The number of nitrogens with two attached hydrogens (primary N) is 1. The van der Waals surface area contributed by atoms with Gasteiger partial charge in [0.1, 0.15) is 17.6 Å². The molecule has 23 heavy (non-hydrogen) atoms. The van der Waals surface area contributed by atoms with Gasteiger partial charge in [-0.15, -0.1) is 0 Å². The number of rotatable bonds is 4. The van der Waals surface area contributed by atoms with Crippen molar-refractivity contribution in [1.29, 1.82) is 5.26 Å². The molecule has 1 aromatic carbocycles. The molecule has 0 amide bonds. The topological polar surface area (TPSA) is 90.3 Å². The lowest BCUT2D eigenvalue weighted by Crippen LogP contribution is -2.11. The average Bonchev–Trinajstić information content (AvgIpc) is 2.82. The summed E-state index contributed by atoms with van der Waals surface area (Å²) in [4.78, 5) is 11.8. The SMILES string of the molecule is COC(=O)c1c(N)c(C#N)cn1-c1cc(F)cc(OC(F)F)c1. The Hall–Kier alpha value is -3.15. The Morgan fingerprint density at radius 2 is 2.09 bits per heavy atom. The Kier molecular flexibility index (Phi) is 4.45. The molecule has 0 bridgehead atoms. The van der Waals surface area contributed by atoms with E-state index in [9.17, 15) is 18.0 Å². The fourth-order valence-electron chi connectivity index (χ4n) is 1.98. The van der Waals surface area contributed by atoms with E-state index in [0.29, 0.717) is 0 Å². The molecular weight excluding hydrogens is 315 g/mol. The number of ether oxygens (including phenoxy) is 2. The molecule has 0 fully saturated rings. The van der Waals surface area contributed by atoms with Crippen LogP contribution in [0.5, 0.6) is 5.75 Å². The van der Waals surface area contributed by atoms with Crippen LogP contribution in [0.3, 0.4) is 0 Å². The lowest BCUT2D eigenvalue weighted by molar-refractivity contribution is -0.0499. The van der Waals surface area contributed by atoms with Crippen LogP contribution in [0.15, 0.2) is 24.4 Å². The van der Waals surface area contributed by atoms with Crippen LogP contribution in [0.4, 0.5) is 18.9 Å². The molecule has 0 unspecified atom stereocenters. The lowest BCUT2D eigenvalue weighted by Gasteiger charge is -2.11. The largest absolute Gasteiger partial charge is 0.464 e. The highest BCUT2D eigenvalue weighted by Crippen LogP contribution is 2.28. The smallest absolute Gasteiger partial charge is 0.387 e. The minimum Gasteiger partial charge on any atom is -0.464 e. The first-order chi connectivity index (χ1) is 10.9. The van der Waals surface area contributed by atoms with Crippen LogP contribution >= 0.6 is 0 Å². The van der Waals surface area contributed by atoms with E-state index in [1.165, 1.54) is 6.20 Å². The van der Waals surface area contributed by atoms with Crippen molar-refractivity contribution >= 4 is 11.7 Å². The first kappa shape index (κ1) is 16.2. The first-order valence-electron chi connectivity index (χ1n) is 6.12. The summed E-state index contributed by atoms with van der Waals surface area (Å²) in [5.41, 5.74) is 5.22. The molecule has 120 valence electrons. The molecular formula is C14H10F3N3O3. The number of anilines is 1. The summed E-state index contributed by atoms with van der Waals surface area (Å²) < 4.78 is 48.0. The maximum absolute atomic E-state index is 13.6. The molecule has 2 rings (SSSR count). The summed E-state index contributed by atoms with van der Waals surface area (Å²) in [7, 11) is 1.10. The van der Waals surface area contributed by atoms with Gasteiger partial charge in [0.05, 0.1) is 24.0 Å². The minimum atomic E-state index is -3.14. The second-order valence-corrected chi connectivity index (χ2v) is 4.30. The minimum absolute atomic E-state index is 0.0331. The highest BCUT2D eigenvalue weighted by molar-refractivity contribution is 5.95. The Bertz CT molecular complexity index is 797. The van der Waals surface area contributed by atoms with Gasteiger partial charge in [-0.1, -0.05) is 0 Å². The van der Waals surface area contributed by atoms with Crippen molar-refractivity contribution < 1.29 is 27.4 Å². The molecule has 0 spiro atoms. The second kappa shape index (κ2) is 6.31. The van der Waals surface area contributed by atoms with Gasteiger partial charge in [0.25, 0.3) is 0 Å². The molecule has 0 radical (unpaired) electrons. The number of hydrogen-bond acceptors (Lipinski definition) is 5. The van der Waals surface area contributed by atoms with Crippen LogP contribution in [0.1, 0.15) is 16.1 Å². The summed E-state index contributed by atoms with van der Waals surface area (Å²) in [6.45, 7) is -3.14. The van der Waals surface area contributed by atoms with E-state index < -0.39 is 24.1 Å². The number of hydrogen-bond donors (Lipinski definition) is 1. The van der Waals surface area contributed by atoms with Gasteiger partial charge in [-0.05, 0) is 6.07 Å². The fraction of sp³-hybridized carbons (Fsp3) is 0.143. The number of benzene rings is 1. The van der Waals surface area contributed by atoms with Crippen molar-refractivity contribution in [3.63, 3.8) is 0 Å². The van der Waals surface area contributed by atoms with Crippen molar-refractivity contribution in [2.75, 3.05) is 12.8 Å². The molecule has 9 heteroatoms. The number of nitrogen functional groups attached to an aromatic ring is 1. The molecule has 2 aromatic rings. The van der Waals surface area contributed by atoms with Crippen LogP contribution in [0, 0.1) is 17.1 Å². The zero-order valence-electron chi connectivity index (χ0n) is 11.7. The number of alkyl halides is 2. The summed E-state index contributed by atoms with van der Waals surface area (Å²) in [6, 6.07) is 4.56. The van der Waals surface area contributed by atoms with E-state index in [1.807, 2.05) is 0 Å². The van der Waals surface area contributed by atoms with Gasteiger partial charge in [0.2, 0.25) is 0 Å². The van der Waals surface area contributed by atoms with Crippen molar-refractivity contribution in [3.05, 3.63) is 41.5 Å². The van der Waals surface area contributed by atoms with Crippen LogP contribution in [0.2, 0.25) is 0 Å². The molecule has 0 saturated heterocycles. The van der Waals surface area contributed by atoms with Crippen LogP contribution < -0.4 is 10.5 Å². The quantitative estimate of drug-likeness (QED) is 0.872. The molecule has 0 atom stereocenters. The van der Waals surface area contributed by atoms with E-state index in [4.69, 9.17) is 11.0 Å². The van der Waals surface area contributed by atoms with Crippen LogP contribution in [-0.4, -0.2) is 24.3 Å². The van der Waals surface area contributed by atoms with Gasteiger partial charge >= 0.3 is 12.6 Å². The standard InChI is InChI=1S/C14H10F3N3O3/c1-22-13(21)12-11(19)7(5-18)6-20(12)9-2-8(15)3-10(4-9)23-14(16)17/h2-4,6,14H,19H2,1H3. The third-order valence-corrected chi connectivity index (χ3v) is 2.90. The number of aromatic nitrogens is 1. The van der Waals surface area contributed by atoms with E-state index in [1.54, 1.807) is 6.07 Å². The number of methoxy groups -OCH3 is 1. The summed E-state index contributed by atoms with van der Waals surface area (Å²) in [5.74, 6) is -2.19. The lowest BCUT2D eigenvalue weighted by atomic mass is 10.2. The van der Waals surface area contributed by atoms with E-state index in [2.05, 4.69) is 9.47 Å². The predicted molar refractivity (Wildman–Crippen MR) is 72.8 cm³/mol. The van der Waals surface area contributed by atoms with E-state index in [0.717, 1.165) is 29.9 Å². The van der Waals surface area contributed by atoms with Gasteiger partial charge in [-0.25, -0.2) is 9.18 Å². The first-order valence-corrected chi connectivity index (χ1v) is 6.12. The Morgan fingerprint density at radius 1 is 1.39 bits per heavy atom. The number of nitrogens with zero attached hydrogens (tertiary/aromatic N) is 2. The highest BCUT2D eigenvalue weighted by Gasteiger charge is 2.22. The van der Waals surface area contributed by atoms with Crippen molar-refractivity contribution in [2.24, 2.45) is 0 Å². The predicted octanol–water partition coefficient (Wildman–Crippen LogP) is 2.46. The number of halogens is 3. The summed E-state index contributed by atoms with van der Waals surface area (Å²) >= 11 is 0. The fourth-order valence-corrected chi connectivity index (χ4v) is 1.98. The number of carbonyl (C=O) groups excluding carboxylic acids is 1. The number of nitriles is 1. The number of esters is 1. The average molecular weight is 325 g/mol. The monoisotopic (exact) mass is 325 g/mol. The highest BCUT2D eigenvalue weighted by atomic mass is 19.3. The molecule has 0 aliphatic carbocycles. The van der Waals surface area contributed by atoms with Gasteiger partial charge < -0.3 is 19.8 Å². The van der Waals surface area contributed by atoms with Crippen LogP contribution in [0.25, 0.3) is 5.69 Å². The molecule has 0 saturated carbocycles. The Labute approximate surface area is 128 Å². The molecule has 1 heterocycles. The van der Waals surface area contributed by atoms with Crippen molar-refractivity contribution in [1.82, 2.24) is 4.57 Å². The molecule has 1 aromatic heterocycles. The molecule has 6 nitrogen and oxygen atoms in total. The summed E-state index contributed by atoms with van der Waals surface area (Å²) in [6.07, 6.45) is 1.17. The van der Waals surface area contributed by atoms with E-state index in [-0.39, 0.29) is 22.6 Å². The van der Waals surface area contributed by atoms with Crippen LogP contribution in [-0.2, 0) is 4.74 Å². The number of carbonyl (C=O) groups is 1. The second-order valence-electron chi connectivity index (χ2n) is 4.30. The zero-order valence-corrected chi connectivity index (χ0v) is 11.7. The summed E-state index contributed by atoms with van der Waals surface area (Å²) in [5, 5.41) is 8.99. The maximum Gasteiger partial charge on any atom is 0.387 e. The molecule has 2 N–H and O–H groups in total. The van der Waals surface area contributed by atoms with Gasteiger partial charge in [-0.3, -0.25) is 0 Å². The van der Waals surface area contributed by atoms with Gasteiger partial charge in [-0.2, -0.15) is 14.0 Å². The van der Waals surface area contributed by atoms with Gasteiger partial charge in [0.15, 0.2) is 5.69 Å². The maximum atomic E-state index is 13.6. The van der Waals surface area contributed by atoms with E-state index >= 15 is 0 Å². The van der Waals surface area contributed by atoms with Crippen molar-refractivity contribution in [3.8, 4) is 17.5 Å². The zero-order chi connectivity index (χ0) is 17.1. The Balaban J connectivity index is 2.64. The molecule has 0 aliphatic rings. The third kappa shape index (κ3) is 3.21. The normalized spacial score (nSPS) is 10.4. The van der Waals surface area contributed by atoms with Crippen molar-refractivity contribution in [2.45, 2.75) is 6.61 Å². The molecule has 0 aliphatic heterocycles.